The summed E-state index contributed by atoms with van der Waals surface area (Å²) in [5, 5.41) is 20.2. The van der Waals surface area contributed by atoms with Crippen LogP contribution in [0, 0.1) is 5.92 Å². The molecular formula is C20H23N3O3. The predicted octanol–water partition coefficient (Wildman–Crippen LogP) is 2.48. The molecule has 0 saturated carbocycles. The topological polar surface area (TPSA) is 101 Å². The number of benzene rings is 1. The number of hydrogen-bond acceptors (Lipinski definition) is 4. The lowest BCUT2D eigenvalue weighted by Gasteiger charge is -2.12. The molecule has 3 rings (SSSR count). The van der Waals surface area contributed by atoms with Crippen LogP contribution in [-0.2, 0) is 6.54 Å². The van der Waals surface area contributed by atoms with Crippen molar-refractivity contribution >= 4 is 16.8 Å². The molecule has 26 heavy (non-hydrogen) atoms. The molecule has 0 unspecified atom stereocenters. The Hall–Kier alpha value is -2.70. The Balaban J connectivity index is 2.07. The fourth-order valence-corrected chi connectivity index (χ4v) is 3.04. The van der Waals surface area contributed by atoms with Crippen LogP contribution in [0.5, 0.6) is 0 Å². The van der Waals surface area contributed by atoms with Crippen LogP contribution in [0.4, 0.5) is 0 Å². The molecule has 0 aliphatic rings. The van der Waals surface area contributed by atoms with Crippen molar-refractivity contribution in [1.29, 1.82) is 0 Å². The van der Waals surface area contributed by atoms with Crippen molar-refractivity contribution in [2.75, 3.05) is 6.61 Å². The summed E-state index contributed by atoms with van der Waals surface area (Å²) in [5.41, 5.74) is 8.30. The number of hydrogen-bond donors (Lipinski definition) is 3. The van der Waals surface area contributed by atoms with E-state index in [0.717, 1.165) is 23.0 Å². The summed E-state index contributed by atoms with van der Waals surface area (Å²) >= 11 is 0. The van der Waals surface area contributed by atoms with Crippen molar-refractivity contribution in [3.63, 3.8) is 0 Å². The number of aliphatic hydroxyl groups is 2. The maximum Gasteiger partial charge on any atom is 0.267 e. The summed E-state index contributed by atoms with van der Waals surface area (Å²) in [6.45, 7) is 4.84. The van der Waals surface area contributed by atoms with Gasteiger partial charge in [0.1, 0.15) is 11.8 Å². The monoisotopic (exact) mass is 353 g/mol. The lowest BCUT2D eigenvalue weighted by Crippen LogP contribution is -2.15. The third kappa shape index (κ3) is 3.61. The smallest absolute Gasteiger partial charge is 0.267 e. The highest BCUT2D eigenvalue weighted by Crippen LogP contribution is 2.27. The minimum Gasteiger partial charge on any atom is -0.393 e. The molecule has 1 atom stereocenters. The van der Waals surface area contributed by atoms with Gasteiger partial charge >= 0.3 is 0 Å². The Labute approximate surface area is 151 Å². The van der Waals surface area contributed by atoms with Gasteiger partial charge in [0, 0.05) is 29.2 Å². The third-order valence-electron chi connectivity index (χ3n) is 4.29. The van der Waals surface area contributed by atoms with E-state index in [0.29, 0.717) is 17.2 Å². The minimum absolute atomic E-state index is 0.0578. The molecule has 6 nitrogen and oxygen atoms in total. The van der Waals surface area contributed by atoms with E-state index in [1.807, 2.05) is 24.3 Å². The van der Waals surface area contributed by atoms with Gasteiger partial charge in [0.15, 0.2) is 0 Å². The standard InChI is InChI=1S/C20H23N3O3/c1-12(2)10-23-6-5-14-7-13(3-4-18(14)23)16-8-15(19(25)11-24)9-17(22-16)20(21)26/h3-9,12,19,24-25H,10-11H2,1-2H3,(H2,21,26)/t19-/m1/s1. The summed E-state index contributed by atoms with van der Waals surface area (Å²) < 4.78 is 2.21. The van der Waals surface area contributed by atoms with Crippen LogP contribution in [0.25, 0.3) is 22.2 Å². The van der Waals surface area contributed by atoms with E-state index in [4.69, 9.17) is 5.73 Å². The van der Waals surface area contributed by atoms with E-state index in [1.165, 1.54) is 6.07 Å². The molecule has 2 aromatic heterocycles. The number of nitrogens with zero attached hydrogens (tertiary/aromatic N) is 2. The Morgan fingerprint density at radius 1 is 1.23 bits per heavy atom. The second-order valence-electron chi connectivity index (χ2n) is 6.87. The minimum atomic E-state index is -1.09. The number of carbonyl (C=O) groups is 1. The Morgan fingerprint density at radius 3 is 2.65 bits per heavy atom. The zero-order valence-electron chi connectivity index (χ0n) is 14.9. The molecule has 0 radical (unpaired) electrons. The number of aliphatic hydroxyl groups excluding tert-OH is 2. The van der Waals surface area contributed by atoms with Gasteiger partial charge < -0.3 is 20.5 Å². The lowest BCUT2D eigenvalue weighted by molar-refractivity contribution is 0.0948. The predicted molar refractivity (Wildman–Crippen MR) is 101 cm³/mol. The fraction of sp³-hybridized carbons (Fsp3) is 0.300. The van der Waals surface area contributed by atoms with Crippen LogP contribution in [0.1, 0.15) is 36.0 Å². The molecule has 0 bridgehead atoms. The van der Waals surface area contributed by atoms with Crippen molar-refractivity contribution in [3.05, 3.63) is 53.9 Å². The summed E-state index contributed by atoms with van der Waals surface area (Å²) in [6.07, 6.45) is 0.966. The first-order valence-electron chi connectivity index (χ1n) is 8.59. The number of primary amides is 1. The van der Waals surface area contributed by atoms with Crippen molar-refractivity contribution in [1.82, 2.24) is 9.55 Å². The number of rotatable bonds is 6. The van der Waals surface area contributed by atoms with Gasteiger partial charge in [-0.25, -0.2) is 4.98 Å². The molecule has 0 aliphatic carbocycles. The number of nitrogens with two attached hydrogens (primary N) is 1. The first kappa shape index (κ1) is 18.1. The molecule has 1 amide bonds. The van der Waals surface area contributed by atoms with Gasteiger partial charge in [0.25, 0.3) is 5.91 Å². The van der Waals surface area contributed by atoms with Crippen LogP contribution >= 0.6 is 0 Å². The fourth-order valence-electron chi connectivity index (χ4n) is 3.04. The largest absolute Gasteiger partial charge is 0.393 e. The normalized spacial score (nSPS) is 12.7. The maximum atomic E-state index is 11.6. The zero-order chi connectivity index (χ0) is 18.8. The van der Waals surface area contributed by atoms with Crippen molar-refractivity contribution in [2.24, 2.45) is 11.7 Å². The first-order chi connectivity index (χ1) is 12.4. The molecular weight excluding hydrogens is 330 g/mol. The Bertz CT molecular complexity index is 947. The van der Waals surface area contributed by atoms with E-state index < -0.39 is 18.6 Å². The van der Waals surface area contributed by atoms with E-state index in [-0.39, 0.29) is 5.69 Å². The summed E-state index contributed by atoms with van der Waals surface area (Å²) in [5.74, 6) is -0.135. The highest BCUT2D eigenvalue weighted by molar-refractivity contribution is 5.92. The molecule has 0 aliphatic heterocycles. The van der Waals surface area contributed by atoms with E-state index in [2.05, 4.69) is 29.6 Å². The molecule has 3 aromatic rings. The SMILES string of the molecule is CC(C)Cn1ccc2cc(-c3cc([C@H](O)CO)cc(C(N)=O)n3)ccc21. The lowest BCUT2D eigenvalue weighted by atomic mass is 10.0. The summed E-state index contributed by atoms with van der Waals surface area (Å²) in [4.78, 5) is 15.9. The van der Waals surface area contributed by atoms with Gasteiger partial charge in [-0.1, -0.05) is 19.9 Å². The maximum absolute atomic E-state index is 11.6. The van der Waals surface area contributed by atoms with Crippen LogP contribution in [0.15, 0.2) is 42.6 Å². The molecule has 2 heterocycles. The molecule has 1 aromatic carbocycles. The van der Waals surface area contributed by atoms with Gasteiger partial charge in [0.2, 0.25) is 0 Å². The van der Waals surface area contributed by atoms with Crippen LogP contribution < -0.4 is 5.73 Å². The summed E-state index contributed by atoms with van der Waals surface area (Å²) in [6, 6.07) is 11.1. The molecule has 4 N–H and O–H groups in total. The Morgan fingerprint density at radius 2 is 2.00 bits per heavy atom. The van der Waals surface area contributed by atoms with Gasteiger partial charge in [-0.15, -0.1) is 0 Å². The van der Waals surface area contributed by atoms with Crippen molar-refractivity contribution < 1.29 is 15.0 Å². The number of carbonyl (C=O) groups excluding carboxylic acids is 1. The number of pyridine rings is 1. The number of amides is 1. The van der Waals surface area contributed by atoms with Gasteiger partial charge in [-0.05, 0) is 41.8 Å². The average molecular weight is 353 g/mol. The molecule has 0 saturated heterocycles. The van der Waals surface area contributed by atoms with Crippen molar-refractivity contribution in [3.8, 4) is 11.3 Å². The molecule has 0 spiro atoms. The average Bonchev–Trinajstić information content (AvgIpc) is 3.02. The van der Waals surface area contributed by atoms with E-state index >= 15 is 0 Å². The number of fused-ring (bicyclic) bond motifs is 1. The molecule has 6 heteroatoms. The molecule has 136 valence electrons. The highest BCUT2D eigenvalue weighted by Gasteiger charge is 2.14. The van der Waals surface area contributed by atoms with Crippen LogP contribution in [-0.4, -0.2) is 32.3 Å². The quantitative estimate of drug-likeness (QED) is 0.633. The molecule has 0 fully saturated rings. The van der Waals surface area contributed by atoms with Gasteiger partial charge in [0.05, 0.1) is 12.3 Å². The highest BCUT2D eigenvalue weighted by atomic mass is 16.3. The van der Waals surface area contributed by atoms with Crippen LogP contribution in [0.3, 0.4) is 0 Å². The second kappa shape index (κ2) is 7.27. The van der Waals surface area contributed by atoms with Crippen LogP contribution in [0.2, 0.25) is 0 Å². The van der Waals surface area contributed by atoms with Gasteiger partial charge in [-0.2, -0.15) is 0 Å². The number of aromatic nitrogens is 2. The van der Waals surface area contributed by atoms with Crippen molar-refractivity contribution in [2.45, 2.75) is 26.5 Å². The van der Waals surface area contributed by atoms with E-state index in [1.54, 1.807) is 6.07 Å². The zero-order valence-corrected chi connectivity index (χ0v) is 14.9. The Kier molecular flexibility index (Phi) is 5.06. The second-order valence-corrected chi connectivity index (χ2v) is 6.87. The first-order valence-corrected chi connectivity index (χ1v) is 8.59. The third-order valence-corrected chi connectivity index (χ3v) is 4.29. The van der Waals surface area contributed by atoms with E-state index in [9.17, 15) is 15.0 Å². The summed E-state index contributed by atoms with van der Waals surface area (Å²) in [7, 11) is 0. The van der Waals surface area contributed by atoms with Gasteiger partial charge in [-0.3, -0.25) is 4.79 Å².